The maximum Gasteiger partial charge on any atom is 0.340 e. The van der Waals surface area contributed by atoms with E-state index in [2.05, 4.69) is 11.4 Å². The van der Waals surface area contributed by atoms with Gasteiger partial charge in [-0.05, 0) is 31.4 Å². The Balaban J connectivity index is 2.36. The van der Waals surface area contributed by atoms with E-state index in [-0.39, 0.29) is 0 Å². The van der Waals surface area contributed by atoms with Gasteiger partial charge in [-0.2, -0.15) is 5.26 Å². The van der Waals surface area contributed by atoms with Crippen LogP contribution >= 0.6 is 0 Å². The molecule has 0 unspecified atom stereocenters. The summed E-state index contributed by atoms with van der Waals surface area (Å²) >= 11 is 0. The van der Waals surface area contributed by atoms with Gasteiger partial charge >= 0.3 is 5.97 Å². The molecule has 0 atom stereocenters. The smallest absolute Gasteiger partial charge is 0.340 e. The van der Waals surface area contributed by atoms with Crippen LogP contribution in [0.3, 0.4) is 0 Å². The highest BCUT2D eigenvalue weighted by Crippen LogP contribution is 2.28. The lowest BCUT2D eigenvalue weighted by molar-refractivity contribution is 0.0601. The molecule has 0 aliphatic heterocycles. The summed E-state index contributed by atoms with van der Waals surface area (Å²) in [6, 6.07) is 7.53. The van der Waals surface area contributed by atoms with Crippen LogP contribution in [0.25, 0.3) is 0 Å². The monoisotopic (exact) mass is 230 g/mol. The lowest BCUT2D eigenvalue weighted by Gasteiger charge is -2.28. The molecule has 0 amide bonds. The van der Waals surface area contributed by atoms with Crippen molar-refractivity contribution in [1.29, 1.82) is 5.26 Å². The molecular weight excluding hydrogens is 216 g/mol. The van der Waals surface area contributed by atoms with Gasteiger partial charge in [-0.25, -0.2) is 4.79 Å². The fourth-order valence-corrected chi connectivity index (χ4v) is 1.84. The molecule has 0 saturated heterocycles. The van der Waals surface area contributed by atoms with Gasteiger partial charge in [0.25, 0.3) is 0 Å². The molecule has 1 aliphatic carbocycles. The minimum atomic E-state index is -0.413. The van der Waals surface area contributed by atoms with Crippen LogP contribution in [0.15, 0.2) is 18.2 Å². The molecular formula is C13H14N2O2. The van der Waals surface area contributed by atoms with E-state index in [4.69, 9.17) is 10.00 Å². The Labute approximate surface area is 100 Å². The first-order chi connectivity index (χ1) is 8.26. The fraction of sp³-hybridized carbons (Fsp3) is 0.385. The second-order valence-electron chi connectivity index (χ2n) is 4.10. The second-order valence-corrected chi connectivity index (χ2v) is 4.10. The van der Waals surface area contributed by atoms with Crippen LogP contribution < -0.4 is 5.32 Å². The summed E-state index contributed by atoms with van der Waals surface area (Å²) in [6.07, 6.45) is 3.36. The molecule has 1 aromatic carbocycles. The van der Waals surface area contributed by atoms with Crippen molar-refractivity contribution in [1.82, 2.24) is 0 Å². The van der Waals surface area contributed by atoms with Crippen LogP contribution in [-0.2, 0) is 4.74 Å². The summed E-state index contributed by atoms with van der Waals surface area (Å²) in [5, 5.41) is 12.3. The number of carbonyl (C=O) groups excluding carboxylic acids is 1. The van der Waals surface area contributed by atoms with E-state index in [0.29, 0.717) is 22.9 Å². The van der Waals surface area contributed by atoms with Crippen molar-refractivity contribution in [3.05, 3.63) is 29.3 Å². The van der Waals surface area contributed by atoms with Gasteiger partial charge in [-0.15, -0.1) is 0 Å². The van der Waals surface area contributed by atoms with E-state index in [1.165, 1.54) is 13.5 Å². The van der Waals surface area contributed by atoms with E-state index in [1.807, 2.05) is 0 Å². The van der Waals surface area contributed by atoms with Crippen molar-refractivity contribution in [3.8, 4) is 6.07 Å². The molecule has 0 radical (unpaired) electrons. The first kappa shape index (κ1) is 11.5. The number of nitriles is 1. The van der Waals surface area contributed by atoms with Crippen molar-refractivity contribution in [3.63, 3.8) is 0 Å². The molecule has 1 aliphatic rings. The minimum Gasteiger partial charge on any atom is -0.465 e. The number of para-hydroxylation sites is 1. The summed E-state index contributed by atoms with van der Waals surface area (Å²) in [5.41, 5.74) is 1.52. The highest BCUT2D eigenvalue weighted by atomic mass is 16.5. The lowest BCUT2D eigenvalue weighted by Crippen LogP contribution is -2.28. The van der Waals surface area contributed by atoms with Crippen LogP contribution in [-0.4, -0.2) is 19.1 Å². The van der Waals surface area contributed by atoms with Crippen molar-refractivity contribution in [2.24, 2.45) is 0 Å². The number of carbonyl (C=O) groups is 1. The van der Waals surface area contributed by atoms with Crippen LogP contribution in [0.1, 0.15) is 35.2 Å². The Morgan fingerprint density at radius 1 is 1.53 bits per heavy atom. The number of esters is 1. The number of benzene rings is 1. The van der Waals surface area contributed by atoms with Gasteiger partial charge in [-0.3, -0.25) is 0 Å². The zero-order valence-corrected chi connectivity index (χ0v) is 9.69. The third kappa shape index (κ3) is 2.23. The molecule has 1 saturated carbocycles. The van der Waals surface area contributed by atoms with Crippen LogP contribution in [0.4, 0.5) is 5.69 Å². The Hall–Kier alpha value is -2.02. The molecule has 0 bridgehead atoms. The number of hydrogen-bond acceptors (Lipinski definition) is 4. The van der Waals surface area contributed by atoms with E-state index in [1.54, 1.807) is 18.2 Å². The number of methoxy groups -OCH3 is 1. The molecule has 0 heterocycles. The number of anilines is 1. The third-order valence-corrected chi connectivity index (χ3v) is 3.04. The molecule has 1 aromatic rings. The van der Waals surface area contributed by atoms with Crippen molar-refractivity contribution in [2.45, 2.75) is 25.3 Å². The van der Waals surface area contributed by atoms with E-state index in [9.17, 15) is 4.79 Å². The zero-order valence-electron chi connectivity index (χ0n) is 9.69. The summed E-state index contributed by atoms with van der Waals surface area (Å²) in [4.78, 5) is 11.6. The molecule has 1 fully saturated rings. The molecule has 4 nitrogen and oxygen atoms in total. The quantitative estimate of drug-likeness (QED) is 0.809. The van der Waals surface area contributed by atoms with Gasteiger partial charge in [0.1, 0.15) is 6.07 Å². The number of hydrogen-bond donors (Lipinski definition) is 1. The van der Waals surface area contributed by atoms with Crippen LogP contribution in [0.5, 0.6) is 0 Å². The predicted octanol–water partition coefficient (Wildman–Crippen LogP) is 2.31. The highest BCUT2D eigenvalue weighted by molar-refractivity contribution is 5.97. The average molecular weight is 230 g/mol. The Morgan fingerprint density at radius 3 is 2.82 bits per heavy atom. The minimum absolute atomic E-state index is 0.368. The number of nitrogens with one attached hydrogen (secondary N) is 1. The Bertz CT molecular complexity index is 473. The maximum atomic E-state index is 11.6. The molecule has 0 spiro atoms. The highest BCUT2D eigenvalue weighted by Gasteiger charge is 2.22. The first-order valence-corrected chi connectivity index (χ1v) is 5.64. The van der Waals surface area contributed by atoms with E-state index >= 15 is 0 Å². The predicted molar refractivity (Wildman–Crippen MR) is 63.8 cm³/mol. The molecule has 0 aromatic heterocycles. The third-order valence-electron chi connectivity index (χ3n) is 3.04. The van der Waals surface area contributed by atoms with Gasteiger partial charge in [0, 0.05) is 6.04 Å². The van der Waals surface area contributed by atoms with Crippen molar-refractivity contribution in [2.75, 3.05) is 12.4 Å². The van der Waals surface area contributed by atoms with E-state index < -0.39 is 5.97 Å². The molecule has 1 N–H and O–H groups in total. The molecule has 17 heavy (non-hydrogen) atoms. The largest absolute Gasteiger partial charge is 0.465 e. The first-order valence-electron chi connectivity index (χ1n) is 5.64. The summed E-state index contributed by atoms with van der Waals surface area (Å²) in [6.45, 7) is 0. The van der Waals surface area contributed by atoms with Crippen LogP contribution in [0, 0.1) is 11.3 Å². The van der Waals surface area contributed by atoms with Crippen molar-refractivity contribution >= 4 is 11.7 Å². The summed E-state index contributed by atoms with van der Waals surface area (Å²) < 4.78 is 4.72. The van der Waals surface area contributed by atoms with Gasteiger partial charge in [0.2, 0.25) is 0 Å². The van der Waals surface area contributed by atoms with Gasteiger partial charge in [0.15, 0.2) is 0 Å². The average Bonchev–Trinajstić information content (AvgIpc) is 2.32. The van der Waals surface area contributed by atoms with E-state index in [0.717, 1.165) is 12.8 Å². The second kappa shape index (κ2) is 4.88. The lowest BCUT2D eigenvalue weighted by atomic mass is 9.92. The molecule has 4 heteroatoms. The number of ether oxygens (including phenoxy) is 1. The zero-order chi connectivity index (χ0) is 12.3. The van der Waals surface area contributed by atoms with Gasteiger partial charge < -0.3 is 10.1 Å². The summed E-state index contributed by atoms with van der Waals surface area (Å²) in [5.74, 6) is -0.413. The normalized spacial score (nSPS) is 14.6. The topological polar surface area (TPSA) is 62.1 Å². The van der Waals surface area contributed by atoms with Gasteiger partial charge in [0.05, 0.1) is 23.9 Å². The van der Waals surface area contributed by atoms with Gasteiger partial charge in [-0.1, -0.05) is 6.07 Å². The number of nitrogens with zero attached hydrogens (tertiary/aromatic N) is 1. The SMILES string of the molecule is COC(=O)c1cccc(C#N)c1NC1CCC1. The standard InChI is InChI=1S/C13H14N2O2/c1-17-13(16)11-7-2-4-9(8-14)12(11)15-10-5-3-6-10/h2,4,7,10,15H,3,5-6H2,1H3. The van der Waals surface area contributed by atoms with Crippen LogP contribution in [0.2, 0.25) is 0 Å². The maximum absolute atomic E-state index is 11.6. The fourth-order valence-electron chi connectivity index (χ4n) is 1.84. The molecule has 2 rings (SSSR count). The number of rotatable bonds is 3. The Morgan fingerprint density at radius 2 is 2.29 bits per heavy atom. The molecule has 88 valence electrons. The Kier molecular flexibility index (Phi) is 3.29. The van der Waals surface area contributed by atoms with Crippen molar-refractivity contribution < 1.29 is 9.53 Å². The summed E-state index contributed by atoms with van der Waals surface area (Å²) in [7, 11) is 1.34.